The monoisotopic (exact) mass is 220 g/mol. The van der Waals surface area contributed by atoms with Crippen LogP contribution >= 0.6 is 0 Å². The number of hydrogen-bond acceptors (Lipinski definition) is 2. The van der Waals surface area contributed by atoms with Crippen LogP contribution in [0, 0.1) is 0 Å². The maximum atomic E-state index is 12.1. The third-order valence-corrected chi connectivity index (χ3v) is 2.64. The van der Waals surface area contributed by atoms with Crippen LogP contribution in [0.1, 0.15) is 0 Å². The second-order valence-corrected chi connectivity index (χ2v) is 4.12. The fourth-order valence-electron chi connectivity index (χ4n) is 0.627. The van der Waals surface area contributed by atoms with E-state index in [0.29, 0.717) is 0 Å². The molecular formula is C9H10F2O2S. The quantitative estimate of drug-likeness (QED) is 0.667. The summed E-state index contributed by atoms with van der Waals surface area (Å²) in [5.41, 5.74) is 0. The molecule has 0 aromatic carbocycles. The lowest BCUT2D eigenvalue weighted by atomic mass is 10.4. The minimum Gasteiger partial charge on any atom is -0.218 e. The molecule has 14 heavy (non-hydrogen) atoms. The molecule has 0 aromatic heterocycles. The van der Waals surface area contributed by atoms with Crippen LogP contribution < -0.4 is 0 Å². The molecule has 0 aliphatic heterocycles. The van der Waals surface area contributed by atoms with Gasteiger partial charge in [0.2, 0.25) is 9.84 Å². The van der Waals surface area contributed by atoms with Gasteiger partial charge < -0.3 is 0 Å². The van der Waals surface area contributed by atoms with Gasteiger partial charge in [0.1, 0.15) is 0 Å². The number of hydrogen-bond donors (Lipinski definition) is 0. The zero-order valence-corrected chi connectivity index (χ0v) is 8.18. The zero-order valence-electron chi connectivity index (χ0n) is 7.36. The third kappa shape index (κ3) is 3.26. The van der Waals surface area contributed by atoms with Gasteiger partial charge in [0, 0.05) is 0 Å². The van der Waals surface area contributed by atoms with Gasteiger partial charge in [-0.15, -0.1) is 0 Å². The molecule has 0 atom stereocenters. The Bertz CT molecular complexity index is 364. The Morgan fingerprint density at radius 3 is 2.14 bits per heavy atom. The first-order chi connectivity index (χ1) is 6.46. The van der Waals surface area contributed by atoms with Crippen molar-refractivity contribution in [3.63, 3.8) is 0 Å². The molecule has 0 fully saturated rings. The molecule has 0 amide bonds. The lowest BCUT2D eigenvalue weighted by molar-refractivity contribution is 0.236. The van der Waals surface area contributed by atoms with Crippen LogP contribution in [-0.4, -0.2) is 14.2 Å². The molecule has 0 heterocycles. The van der Waals surface area contributed by atoms with E-state index in [-0.39, 0.29) is 0 Å². The van der Waals surface area contributed by atoms with Crippen molar-refractivity contribution < 1.29 is 17.2 Å². The largest absolute Gasteiger partial charge is 0.341 e. The second-order valence-electron chi connectivity index (χ2n) is 2.21. The fourth-order valence-corrected chi connectivity index (χ4v) is 1.39. The van der Waals surface area contributed by atoms with Crippen LogP contribution in [0.3, 0.4) is 0 Å². The summed E-state index contributed by atoms with van der Waals surface area (Å²) in [7, 11) is -4.55. The minimum absolute atomic E-state index is 0.484. The van der Waals surface area contributed by atoms with Gasteiger partial charge in [-0.05, 0) is 12.2 Å². The smallest absolute Gasteiger partial charge is 0.218 e. The number of halogens is 2. The Labute approximate surface area is 81.9 Å². The van der Waals surface area contributed by atoms with Crippen molar-refractivity contribution in [3.8, 4) is 0 Å². The van der Waals surface area contributed by atoms with Gasteiger partial charge in [0.15, 0.2) is 0 Å². The van der Waals surface area contributed by atoms with E-state index in [1.54, 1.807) is 0 Å². The molecule has 0 radical (unpaired) electrons. The summed E-state index contributed by atoms with van der Waals surface area (Å²) >= 11 is 0. The van der Waals surface area contributed by atoms with Crippen molar-refractivity contribution in [2.75, 3.05) is 0 Å². The Morgan fingerprint density at radius 2 is 1.79 bits per heavy atom. The van der Waals surface area contributed by atoms with E-state index in [4.69, 9.17) is 0 Å². The number of rotatable bonds is 5. The first-order valence-electron chi connectivity index (χ1n) is 3.60. The van der Waals surface area contributed by atoms with Gasteiger partial charge in [-0.25, -0.2) is 8.42 Å². The van der Waals surface area contributed by atoms with Crippen LogP contribution in [0.25, 0.3) is 0 Å². The summed E-state index contributed by atoms with van der Waals surface area (Å²) in [6.45, 7) is 6.53. The van der Waals surface area contributed by atoms with Crippen LogP contribution in [-0.2, 0) is 9.84 Å². The van der Waals surface area contributed by atoms with E-state index >= 15 is 0 Å². The predicted octanol–water partition coefficient (Wildman–Crippen LogP) is 2.44. The molecule has 78 valence electrons. The molecular weight excluding hydrogens is 210 g/mol. The van der Waals surface area contributed by atoms with Gasteiger partial charge in [0.25, 0.3) is 0 Å². The maximum Gasteiger partial charge on any atom is 0.341 e. The second kappa shape index (κ2) is 5.49. The fraction of sp³-hybridized carbons (Fsp3) is 0.111. The van der Waals surface area contributed by atoms with E-state index in [1.807, 2.05) is 0 Å². The molecule has 0 rings (SSSR count). The van der Waals surface area contributed by atoms with E-state index in [9.17, 15) is 17.2 Å². The summed E-state index contributed by atoms with van der Waals surface area (Å²) in [6.07, 6.45) is 5.72. The molecule has 0 unspecified atom stereocenters. The normalized spacial score (nSPS) is 13.5. The highest BCUT2D eigenvalue weighted by Crippen LogP contribution is 2.17. The van der Waals surface area contributed by atoms with E-state index in [2.05, 4.69) is 13.2 Å². The summed E-state index contributed by atoms with van der Waals surface area (Å²) < 4.78 is 46.1. The molecule has 0 aliphatic rings. The third-order valence-electron chi connectivity index (χ3n) is 1.24. The van der Waals surface area contributed by atoms with Crippen molar-refractivity contribution in [1.29, 1.82) is 0 Å². The Morgan fingerprint density at radius 1 is 1.21 bits per heavy atom. The Balaban J connectivity index is 5.24. The molecule has 0 spiro atoms. The topological polar surface area (TPSA) is 34.1 Å². The molecule has 0 aliphatic carbocycles. The molecule has 0 bridgehead atoms. The van der Waals surface area contributed by atoms with Crippen LogP contribution in [0.4, 0.5) is 8.78 Å². The summed E-state index contributed by atoms with van der Waals surface area (Å²) in [5.74, 6) is -3.43. The van der Waals surface area contributed by atoms with Gasteiger partial charge in [-0.1, -0.05) is 31.4 Å². The van der Waals surface area contributed by atoms with Gasteiger partial charge in [-0.3, -0.25) is 0 Å². The van der Waals surface area contributed by atoms with E-state index < -0.39 is 20.5 Å². The lowest BCUT2D eigenvalue weighted by Gasteiger charge is -2.01. The Hall–Kier alpha value is -1.23. The average Bonchev–Trinajstić information content (AvgIpc) is 2.11. The zero-order chi connectivity index (χ0) is 11.2. The molecule has 2 nitrogen and oxygen atoms in total. The molecule has 0 aromatic rings. The van der Waals surface area contributed by atoms with Crippen molar-refractivity contribution >= 4 is 9.84 Å². The highest BCUT2D eigenvalue weighted by Gasteiger charge is 2.26. The van der Waals surface area contributed by atoms with Gasteiger partial charge >= 0.3 is 5.76 Å². The van der Waals surface area contributed by atoms with Crippen molar-refractivity contribution in [1.82, 2.24) is 0 Å². The van der Waals surface area contributed by atoms with E-state index in [0.717, 1.165) is 18.2 Å². The van der Waals surface area contributed by atoms with Crippen molar-refractivity contribution in [2.45, 2.75) is 5.76 Å². The van der Waals surface area contributed by atoms with Gasteiger partial charge in [0.05, 0.1) is 4.91 Å². The SMILES string of the molecule is C=C/C=C\C(=C/C=C)S(=O)(=O)C(F)F. The van der Waals surface area contributed by atoms with Crippen molar-refractivity contribution in [2.24, 2.45) is 0 Å². The first kappa shape index (κ1) is 12.8. The summed E-state index contributed by atoms with van der Waals surface area (Å²) in [4.78, 5) is -0.484. The number of allylic oxidation sites excluding steroid dienone is 5. The predicted molar refractivity (Wildman–Crippen MR) is 52.5 cm³/mol. The highest BCUT2D eigenvalue weighted by molar-refractivity contribution is 7.95. The number of sulfone groups is 1. The van der Waals surface area contributed by atoms with Crippen LogP contribution in [0.5, 0.6) is 0 Å². The molecule has 0 N–H and O–H groups in total. The first-order valence-corrected chi connectivity index (χ1v) is 5.15. The van der Waals surface area contributed by atoms with Gasteiger partial charge in [-0.2, -0.15) is 8.78 Å². The maximum absolute atomic E-state index is 12.1. The van der Waals surface area contributed by atoms with Crippen molar-refractivity contribution in [3.05, 3.63) is 48.4 Å². The Kier molecular flexibility index (Phi) is 5.01. The molecule has 0 saturated heterocycles. The highest BCUT2D eigenvalue weighted by atomic mass is 32.2. The lowest BCUT2D eigenvalue weighted by Crippen LogP contribution is -2.12. The van der Waals surface area contributed by atoms with Crippen LogP contribution in [0.15, 0.2) is 48.4 Å². The average molecular weight is 220 g/mol. The van der Waals surface area contributed by atoms with E-state index in [1.165, 1.54) is 12.2 Å². The summed E-state index contributed by atoms with van der Waals surface area (Å²) in [6, 6.07) is 0. The van der Waals surface area contributed by atoms with Crippen LogP contribution in [0.2, 0.25) is 0 Å². The minimum atomic E-state index is -4.55. The summed E-state index contributed by atoms with van der Waals surface area (Å²) in [5, 5.41) is 0. The number of alkyl halides is 2. The molecule has 0 saturated carbocycles. The molecule has 5 heteroatoms. The standard InChI is InChI=1S/C9H10F2O2S/c1-3-5-7-8(6-4-2)14(12,13)9(10)11/h3-7,9H,1-2H2/b7-5-,8-6+.